The molecule has 102 valence electrons. The van der Waals surface area contributed by atoms with Gasteiger partial charge >= 0.3 is 0 Å². The molecule has 0 atom stereocenters. The Morgan fingerprint density at radius 1 is 0.850 bits per heavy atom. The van der Waals surface area contributed by atoms with Crippen LogP contribution in [-0.2, 0) is 30.7 Å². The Balaban J connectivity index is 1.63. The Morgan fingerprint density at radius 3 is 2.65 bits per heavy atom. The largest absolute Gasteiger partial charge is 0.376 e. The number of ether oxygens (including phenoxy) is 1. The minimum Gasteiger partial charge on any atom is -0.376 e. The zero-order chi connectivity index (χ0) is 13.4. The molecule has 2 aliphatic rings. The summed E-state index contributed by atoms with van der Waals surface area (Å²) >= 11 is 0. The van der Waals surface area contributed by atoms with E-state index in [1.54, 1.807) is 0 Å². The summed E-state index contributed by atoms with van der Waals surface area (Å²) in [6, 6.07) is 15.7. The van der Waals surface area contributed by atoms with Crippen molar-refractivity contribution >= 4 is 5.69 Å². The molecular formula is C18H19NO. The van der Waals surface area contributed by atoms with Crippen molar-refractivity contribution in [2.75, 3.05) is 18.1 Å². The van der Waals surface area contributed by atoms with Crippen LogP contribution in [0.25, 0.3) is 0 Å². The molecule has 2 aliphatic heterocycles. The smallest absolute Gasteiger partial charge is 0.0720 e. The van der Waals surface area contributed by atoms with Gasteiger partial charge in [-0.05, 0) is 47.2 Å². The molecule has 0 amide bonds. The van der Waals surface area contributed by atoms with E-state index in [1.807, 2.05) is 0 Å². The number of fused-ring (bicyclic) bond motifs is 2. The number of benzene rings is 2. The minimum atomic E-state index is 0.771. The molecule has 0 saturated carbocycles. The summed E-state index contributed by atoms with van der Waals surface area (Å²) in [5, 5.41) is 0. The number of hydrogen-bond donors (Lipinski definition) is 0. The third-order valence-electron chi connectivity index (χ3n) is 4.46. The number of anilines is 1. The van der Waals surface area contributed by atoms with E-state index in [9.17, 15) is 0 Å². The maximum Gasteiger partial charge on any atom is 0.0720 e. The van der Waals surface area contributed by atoms with E-state index in [2.05, 4.69) is 47.4 Å². The molecule has 2 heterocycles. The second-order valence-corrected chi connectivity index (χ2v) is 5.70. The predicted octanol–water partition coefficient (Wildman–Crippen LogP) is 3.32. The van der Waals surface area contributed by atoms with Crippen LogP contribution in [0.15, 0.2) is 42.5 Å². The summed E-state index contributed by atoms with van der Waals surface area (Å²) in [5.41, 5.74) is 7.13. The van der Waals surface area contributed by atoms with Gasteiger partial charge in [-0.3, -0.25) is 0 Å². The third-order valence-corrected chi connectivity index (χ3v) is 4.46. The first kappa shape index (κ1) is 12.0. The summed E-state index contributed by atoms with van der Waals surface area (Å²) in [7, 11) is 0. The average molecular weight is 265 g/mol. The lowest BCUT2D eigenvalue weighted by molar-refractivity contribution is 0.111. The van der Waals surface area contributed by atoms with E-state index in [1.165, 1.54) is 27.9 Å². The number of rotatable bonds is 1. The molecule has 0 saturated heterocycles. The van der Waals surface area contributed by atoms with Crippen LogP contribution in [0.1, 0.15) is 22.3 Å². The first-order chi connectivity index (χ1) is 9.90. The molecule has 0 spiro atoms. The van der Waals surface area contributed by atoms with Gasteiger partial charge in [0, 0.05) is 18.8 Å². The van der Waals surface area contributed by atoms with E-state index in [4.69, 9.17) is 4.74 Å². The summed E-state index contributed by atoms with van der Waals surface area (Å²) in [4.78, 5) is 2.48. The highest BCUT2D eigenvalue weighted by atomic mass is 16.5. The average Bonchev–Trinajstić information content (AvgIpc) is 2.54. The highest BCUT2D eigenvalue weighted by molar-refractivity contribution is 5.53. The van der Waals surface area contributed by atoms with E-state index in [0.717, 1.165) is 39.1 Å². The molecule has 0 unspecified atom stereocenters. The van der Waals surface area contributed by atoms with Crippen LogP contribution in [0.4, 0.5) is 5.69 Å². The summed E-state index contributed by atoms with van der Waals surface area (Å²) in [6.07, 6.45) is 2.20. The Labute approximate surface area is 120 Å². The van der Waals surface area contributed by atoms with Crippen LogP contribution >= 0.6 is 0 Å². The van der Waals surface area contributed by atoms with Gasteiger partial charge in [0.1, 0.15) is 0 Å². The summed E-state index contributed by atoms with van der Waals surface area (Å²) in [6.45, 7) is 3.77. The standard InChI is InChI=1S/C18H19NO/c1-2-4-16-12-19(9-7-14(16)3-1)18-6-5-15-8-10-20-13-17(15)11-18/h1-6,11H,7-10,12-13H2. The Kier molecular flexibility index (Phi) is 2.96. The van der Waals surface area contributed by atoms with Crippen LogP contribution in [0.3, 0.4) is 0 Å². The zero-order valence-electron chi connectivity index (χ0n) is 11.6. The van der Waals surface area contributed by atoms with Crippen LogP contribution in [0, 0.1) is 0 Å². The molecule has 2 aromatic carbocycles. The molecule has 0 radical (unpaired) electrons. The lowest BCUT2D eigenvalue weighted by atomic mass is 9.98. The van der Waals surface area contributed by atoms with E-state index in [0.29, 0.717) is 0 Å². The van der Waals surface area contributed by atoms with Crippen molar-refractivity contribution in [1.82, 2.24) is 0 Å². The molecule has 2 aromatic rings. The fourth-order valence-electron chi connectivity index (χ4n) is 3.27. The van der Waals surface area contributed by atoms with Crippen LogP contribution in [-0.4, -0.2) is 13.2 Å². The van der Waals surface area contributed by atoms with E-state index < -0.39 is 0 Å². The van der Waals surface area contributed by atoms with Gasteiger partial charge in [-0.15, -0.1) is 0 Å². The first-order valence-corrected chi connectivity index (χ1v) is 7.41. The Hall–Kier alpha value is -1.80. The van der Waals surface area contributed by atoms with Crippen molar-refractivity contribution in [3.63, 3.8) is 0 Å². The second-order valence-electron chi connectivity index (χ2n) is 5.70. The van der Waals surface area contributed by atoms with E-state index in [-0.39, 0.29) is 0 Å². The van der Waals surface area contributed by atoms with Gasteiger partial charge in [0.15, 0.2) is 0 Å². The maximum atomic E-state index is 5.58. The molecule has 2 nitrogen and oxygen atoms in total. The quantitative estimate of drug-likeness (QED) is 0.784. The monoisotopic (exact) mass is 265 g/mol. The number of nitrogens with zero attached hydrogens (tertiary/aromatic N) is 1. The lowest BCUT2D eigenvalue weighted by Gasteiger charge is -2.31. The normalized spacial score (nSPS) is 17.5. The minimum absolute atomic E-state index is 0.771. The van der Waals surface area contributed by atoms with Crippen LogP contribution < -0.4 is 4.90 Å². The van der Waals surface area contributed by atoms with Gasteiger partial charge in [-0.25, -0.2) is 0 Å². The maximum absolute atomic E-state index is 5.58. The van der Waals surface area contributed by atoms with Crippen molar-refractivity contribution in [2.45, 2.75) is 26.0 Å². The molecular weight excluding hydrogens is 246 g/mol. The van der Waals surface area contributed by atoms with E-state index >= 15 is 0 Å². The topological polar surface area (TPSA) is 12.5 Å². The summed E-state index contributed by atoms with van der Waals surface area (Å²) in [5.74, 6) is 0. The van der Waals surface area contributed by atoms with Crippen molar-refractivity contribution in [3.05, 3.63) is 64.7 Å². The second kappa shape index (κ2) is 4.95. The van der Waals surface area contributed by atoms with Gasteiger partial charge in [0.25, 0.3) is 0 Å². The predicted molar refractivity (Wildman–Crippen MR) is 81.0 cm³/mol. The lowest BCUT2D eigenvalue weighted by Crippen LogP contribution is -2.30. The zero-order valence-corrected chi connectivity index (χ0v) is 11.6. The molecule has 20 heavy (non-hydrogen) atoms. The molecule has 4 rings (SSSR count). The van der Waals surface area contributed by atoms with Gasteiger partial charge in [-0.2, -0.15) is 0 Å². The highest BCUT2D eigenvalue weighted by Gasteiger charge is 2.17. The van der Waals surface area contributed by atoms with Crippen molar-refractivity contribution in [3.8, 4) is 0 Å². The Morgan fingerprint density at radius 2 is 1.70 bits per heavy atom. The molecule has 0 aliphatic carbocycles. The highest BCUT2D eigenvalue weighted by Crippen LogP contribution is 2.28. The Bertz CT molecular complexity index is 635. The van der Waals surface area contributed by atoms with Gasteiger partial charge in [0.05, 0.1) is 13.2 Å². The molecule has 0 aromatic heterocycles. The molecule has 0 bridgehead atoms. The van der Waals surface area contributed by atoms with Crippen molar-refractivity contribution in [2.24, 2.45) is 0 Å². The molecule has 2 heteroatoms. The van der Waals surface area contributed by atoms with Crippen molar-refractivity contribution in [1.29, 1.82) is 0 Å². The SMILES string of the molecule is c1ccc2c(c1)CCN(c1ccc3c(c1)COCC3)C2. The first-order valence-electron chi connectivity index (χ1n) is 7.41. The van der Waals surface area contributed by atoms with Crippen LogP contribution in [0.5, 0.6) is 0 Å². The third kappa shape index (κ3) is 2.10. The molecule has 0 N–H and O–H groups in total. The molecule has 0 fully saturated rings. The number of hydrogen-bond acceptors (Lipinski definition) is 2. The van der Waals surface area contributed by atoms with Crippen molar-refractivity contribution < 1.29 is 4.74 Å². The fourth-order valence-corrected chi connectivity index (χ4v) is 3.27. The van der Waals surface area contributed by atoms with Gasteiger partial charge < -0.3 is 9.64 Å². The van der Waals surface area contributed by atoms with Crippen LogP contribution in [0.2, 0.25) is 0 Å². The fraction of sp³-hybridized carbons (Fsp3) is 0.333. The van der Waals surface area contributed by atoms with Gasteiger partial charge in [0.2, 0.25) is 0 Å². The van der Waals surface area contributed by atoms with Gasteiger partial charge in [-0.1, -0.05) is 30.3 Å². The summed E-state index contributed by atoms with van der Waals surface area (Å²) < 4.78 is 5.58.